The van der Waals surface area contributed by atoms with E-state index in [4.69, 9.17) is 5.73 Å². The Labute approximate surface area is 81.1 Å². The second-order valence-electron chi connectivity index (χ2n) is 2.91. The zero-order valence-corrected chi connectivity index (χ0v) is 8.14. The highest BCUT2D eigenvalue weighted by Gasteiger charge is 2.03. The average Bonchev–Trinajstić information content (AvgIpc) is 2.61. The van der Waals surface area contributed by atoms with Crippen LogP contribution < -0.4 is 5.73 Å². The van der Waals surface area contributed by atoms with Gasteiger partial charge in [-0.25, -0.2) is 4.98 Å². The number of aryl methyl sites for hydroxylation is 1. The standard InChI is InChI=1S/C10H10N2S/c1-7-2-3-8(11)6-9(7)10-12-4-5-13-10/h2-6H,11H2,1H3. The van der Waals surface area contributed by atoms with Crippen LogP contribution in [0, 0.1) is 6.92 Å². The van der Waals surface area contributed by atoms with Crippen LogP contribution in [0.25, 0.3) is 10.6 Å². The molecule has 0 aliphatic heterocycles. The second-order valence-corrected chi connectivity index (χ2v) is 3.81. The van der Waals surface area contributed by atoms with E-state index in [-0.39, 0.29) is 0 Å². The molecule has 13 heavy (non-hydrogen) atoms. The van der Waals surface area contributed by atoms with E-state index >= 15 is 0 Å². The summed E-state index contributed by atoms with van der Waals surface area (Å²) in [5, 5.41) is 3.00. The summed E-state index contributed by atoms with van der Waals surface area (Å²) in [6.45, 7) is 2.07. The third kappa shape index (κ3) is 1.55. The molecule has 0 aliphatic rings. The molecule has 0 spiro atoms. The van der Waals surface area contributed by atoms with Gasteiger partial charge in [0.05, 0.1) is 0 Å². The summed E-state index contributed by atoms with van der Waals surface area (Å²) in [5.74, 6) is 0. The van der Waals surface area contributed by atoms with Crippen LogP contribution in [0.4, 0.5) is 5.69 Å². The van der Waals surface area contributed by atoms with Gasteiger partial charge in [-0.05, 0) is 24.6 Å². The summed E-state index contributed by atoms with van der Waals surface area (Å²) in [6, 6.07) is 5.90. The van der Waals surface area contributed by atoms with Gasteiger partial charge >= 0.3 is 0 Å². The van der Waals surface area contributed by atoms with Gasteiger partial charge in [-0.2, -0.15) is 0 Å². The first-order valence-electron chi connectivity index (χ1n) is 4.03. The van der Waals surface area contributed by atoms with E-state index in [0.717, 1.165) is 16.3 Å². The SMILES string of the molecule is Cc1ccc(N)cc1-c1nccs1. The molecule has 2 rings (SSSR count). The summed E-state index contributed by atoms with van der Waals surface area (Å²) < 4.78 is 0. The molecule has 2 nitrogen and oxygen atoms in total. The van der Waals surface area contributed by atoms with Gasteiger partial charge in [-0.15, -0.1) is 11.3 Å². The molecule has 0 saturated heterocycles. The fourth-order valence-corrected chi connectivity index (χ4v) is 1.95. The number of hydrogen-bond donors (Lipinski definition) is 1. The average molecular weight is 190 g/mol. The number of rotatable bonds is 1. The lowest BCUT2D eigenvalue weighted by Crippen LogP contribution is -1.87. The third-order valence-electron chi connectivity index (χ3n) is 1.92. The van der Waals surface area contributed by atoms with Crippen molar-refractivity contribution in [2.24, 2.45) is 0 Å². The van der Waals surface area contributed by atoms with Crippen LogP contribution in [0.15, 0.2) is 29.8 Å². The first-order chi connectivity index (χ1) is 6.27. The zero-order valence-electron chi connectivity index (χ0n) is 7.32. The second kappa shape index (κ2) is 3.18. The number of nitrogens with zero attached hydrogens (tertiary/aromatic N) is 1. The molecule has 0 aliphatic carbocycles. The predicted molar refractivity (Wildman–Crippen MR) is 56.7 cm³/mol. The van der Waals surface area contributed by atoms with Crippen LogP contribution in [0.2, 0.25) is 0 Å². The summed E-state index contributed by atoms with van der Waals surface area (Å²) in [4.78, 5) is 4.25. The minimum atomic E-state index is 0.788. The molecule has 1 aromatic carbocycles. The van der Waals surface area contributed by atoms with Crippen molar-refractivity contribution < 1.29 is 0 Å². The number of thiazole rings is 1. The molecule has 1 aromatic heterocycles. The van der Waals surface area contributed by atoms with Gasteiger partial charge in [0.15, 0.2) is 0 Å². The monoisotopic (exact) mass is 190 g/mol. The Hall–Kier alpha value is -1.35. The number of anilines is 1. The topological polar surface area (TPSA) is 38.9 Å². The van der Waals surface area contributed by atoms with Crippen LogP contribution >= 0.6 is 11.3 Å². The van der Waals surface area contributed by atoms with Crippen LogP contribution in [0.5, 0.6) is 0 Å². The predicted octanol–water partition coefficient (Wildman–Crippen LogP) is 2.70. The van der Waals surface area contributed by atoms with Crippen LogP contribution in [0.1, 0.15) is 5.56 Å². The van der Waals surface area contributed by atoms with Crippen molar-refractivity contribution in [1.82, 2.24) is 4.98 Å². The van der Waals surface area contributed by atoms with Gasteiger partial charge in [0.25, 0.3) is 0 Å². The lowest BCUT2D eigenvalue weighted by atomic mass is 10.1. The lowest BCUT2D eigenvalue weighted by molar-refractivity contribution is 1.38. The molecule has 0 amide bonds. The number of benzene rings is 1. The van der Waals surface area contributed by atoms with Gasteiger partial charge < -0.3 is 5.73 Å². The molecule has 2 N–H and O–H groups in total. The number of hydrogen-bond acceptors (Lipinski definition) is 3. The molecule has 0 fully saturated rings. The Morgan fingerprint density at radius 2 is 2.23 bits per heavy atom. The Balaban J connectivity index is 2.57. The number of aromatic nitrogens is 1. The fourth-order valence-electron chi connectivity index (χ4n) is 1.23. The lowest BCUT2D eigenvalue weighted by Gasteiger charge is -2.02. The van der Waals surface area contributed by atoms with E-state index in [2.05, 4.69) is 11.9 Å². The molecular formula is C10H10N2S. The van der Waals surface area contributed by atoms with Crippen molar-refractivity contribution in [3.05, 3.63) is 35.3 Å². The molecule has 0 unspecified atom stereocenters. The summed E-state index contributed by atoms with van der Waals surface area (Å²) in [7, 11) is 0. The normalized spacial score (nSPS) is 10.2. The Morgan fingerprint density at radius 3 is 2.92 bits per heavy atom. The van der Waals surface area contributed by atoms with Crippen molar-refractivity contribution in [2.45, 2.75) is 6.92 Å². The number of nitrogen functional groups attached to an aromatic ring is 1. The van der Waals surface area contributed by atoms with E-state index in [1.54, 1.807) is 11.3 Å². The Kier molecular flexibility index (Phi) is 2.02. The maximum Gasteiger partial charge on any atom is 0.123 e. The Bertz CT molecular complexity index is 407. The molecular weight excluding hydrogens is 180 g/mol. The van der Waals surface area contributed by atoms with E-state index < -0.39 is 0 Å². The molecule has 66 valence electrons. The highest BCUT2D eigenvalue weighted by atomic mass is 32.1. The highest BCUT2D eigenvalue weighted by Crippen LogP contribution is 2.26. The molecule has 0 saturated carbocycles. The first kappa shape index (κ1) is 8.26. The van der Waals surface area contributed by atoms with Crippen LogP contribution in [-0.2, 0) is 0 Å². The third-order valence-corrected chi connectivity index (χ3v) is 2.73. The smallest absolute Gasteiger partial charge is 0.123 e. The van der Waals surface area contributed by atoms with Crippen molar-refractivity contribution in [2.75, 3.05) is 5.73 Å². The van der Waals surface area contributed by atoms with E-state index in [9.17, 15) is 0 Å². The minimum Gasteiger partial charge on any atom is -0.399 e. The zero-order chi connectivity index (χ0) is 9.26. The molecule has 2 aromatic rings. The summed E-state index contributed by atoms with van der Waals surface area (Å²) >= 11 is 1.63. The van der Waals surface area contributed by atoms with Crippen LogP contribution in [0.3, 0.4) is 0 Å². The van der Waals surface area contributed by atoms with Gasteiger partial charge in [-0.1, -0.05) is 6.07 Å². The van der Waals surface area contributed by atoms with Crippen LogP contribution in [-0.4, -0.2) is 4.98 Å². The molecule has 1 heterocycles. The van der Waals surface area contributed by atoms with E-state index in [1.807, 2.05) is 29.8 Å². The minimum absolute atomic E-state index is 0.788. The van der Waals surface area contributed by atoms with Gasteiger partial charge in [0, 0.05) is 22.8 Å². The molecule has 3 heteroatoms. The molecule has 0 bridgehead atoms. The Morgan fingerprint density at radius 1 is 1.38 bits per heavy atom. The fraction of sp³-hybridized carbons (Fsp3) is 0.100. The van der Waals surface area contributed by atoms with Crippen molar-refractivity contribution >= 4 is 17.0 Å². The summed E-state index contributed by atoms with van der Waals surface area (Å²) in [6.07, 6.45) is 1.81. The summed E-state index contributed by atoms with van der Waals surface area (Å²) in [5.41, 5.74) is 8.84. The van der Waals surface area contributed by atoms with Crippen molar-refractivity contribution in [3.63, 3.8) is 0 Å². The number of nitrogens with two attached hydrogens (primary N) is 1. The maximum atomic E-state index is 5.71. The first-order valence-corrected chi connectivity index (χ1v) is 4.91. The van der Waals surface area contributed by atoms with Gasteiger partial charge in [0.2, 0.25) is 0 Å². The van der Waals surface area contributed by atoms with Crippen molar-refractivity contribution in [1.29, 1.82) is 0 Å². The van der Waals surface area contributed by atoms with E-state index in [0.29, 0.717) is 0 Å². The van der Waals surface area contributed by atoms with Gasteiger partial charge in [0.1, 0.15) is 5.01 Å². The molecule has 0 radical (unpaired) electrons. The highest BCUT2D eigenvalue weighted by molar-refractivity contribution is 7.13. The van der Waals surface area contributed by atoms with Gasteiger partial charge in [-0.3, -0.25) is 0 Å². The largest absolute Gasteiger partial charge is 0.399 e. The quantitative estimate of drug-likeness (QED) is 0.702. The van der Waals surface area contributed by atoms with Crippen molar-refractivity contribution in [3.8, 4) is 10.6 Å². The van der Waals surface area contributed by atoms with E-state index in [1.165, 1.54) is 5.56 Å². The maximum absolute atomic E-state index is 5.71. The molecule has 0 atom stereocenters.